The van der Waals surface area contributed by atoms with Gasteiger partial charge in [-0.1, -0.05) is 12.1 Å². The minimum Gasteiger partial charge on any atom is -0.497 e. The van der Waals surface area contributed by atoms with Gasteiger partial charge in [0.05, 0.1) is 19.7 Å². The van der Waals surface area contributed by atoms with Crippen molar-refractivity contribution in [2.24, 2.45) is 11.8 Å². The molecule has 4 rings (SSSR count). The number of rotatable bonds is 14. The van der Waals surface area contributed by atoms with Crippen LogP contribution in [0.4, 0.5) is 0 Å². The van der Waals surface area contributed by atoms with Gasteiger partial charge in [0.2, 0.25) is 0 Å². The average molecular weight is 537 g/mol. The Morgan fingerprint density at radius 3 is 2.76 bits per heavy atom. The molecule has 1 aliphatic heterocycles. The van der Waals surface area contributed by atoms with E-state index < -0.39 is 5.97 Å². The van der Waals surface area contributed by atoms with Gasteiger partial charge in [0, 0.05) is 29.4 Å². The van der Waals surface area contributed by atoms with Gasteiger partial charge in [-0.15, -0.1) is 11.8 Å². The fourth-order valence-corrected chi connectivity index (χ4v) is 6.63. The van der Waals surface area contributed by atoms with Crippen molar-refractivity contribution in [3.63, 3.8) is 0 Å². The van der Waals surface area contributed by atoms with Crippen LogP contribution >= 0.6 is 11.8 Å². The molecule has 1 aromatic heterocycles. The highest BCUT2D eigenvalue weighted by Crippen LogP contribution is 2.33. The lowest BCUT2D eigenvalue weighted by atomic mass is 9.79. The first-order valence-electron chi connectivity index (χ1n) is 13.7. The highest BCUT2D eigenvalue weighted by atomic mass is 32.2. The molecule has 0 bridgehead atoms. The van der Waals surface area contributed by atoms with Crippen molar-refractivity contribution >= 4 is 28.6 Å². The van der Waals surface area contributed by atoms with Gasteiger partial charge < -0.3 is 19.5 Å². The minimum absolute atomic E-state index is 0.257. The number of hydrogen-bond donors (Lipinski definition) is 1. The Morgan fingerprint density at radius 1 is 1.08 bits per heavy atom. The van der Waals surface area contributed by atoms with Crippen LogP contribution in [0.15, 0.2) is 59.6 Å². The zero-order valence-corrected chi connectivity index (χ0v) is 23.4. The zero-order chi connectivity index (χ0) is 26.7. The summed E-state index contributed by atoms with van der Waals surface area (Å²) in [6.07, 6.45) is 8.40. The Kier molecular flexibility index (Phi) is 10.7. The van der Waals surface area contributed by atoms with E-state index in [9.17, 15) is 9.90 Å². The lowest BCUT2D eigenvalue weighted by Gasteiger charge is -2.39. The molecular weight excluding hydrogens is 496 g/mol. The van der Waals surface area contributed by atoms with Crippen LogP contribution in [0.3, 0.4) is 0 Å². The van der Waals surface area contributed by atoms with E-state index in [2.05, 4.69) is 34.1 Å². The molecule has 1 fully saturated rings. The Morgan fingerprint density at radius 2 is 1.95 bits per heavy atom. The van der Waals surface area contributed by atoms with Gasteiger partial charge in [-0.2, -0.15) is 0 Å². The molecule has 0 saturated carbocycles. The number of aliphatic carboxylic acids is 1. The van der Waals surface area contributed by atoms with Crippen LogP contribution in [0, 0.1) is 11.8 Å². The summed E-state index contributed by atoms with van der Waals surface area (Å²) in [6.45, 7) is 3.17. The third kappa shape index (κ3) is 7.87. The summed E-state index contributed by atoms with van der Waals surface area (Å²) < 4.78 is 10.9. The molecule has 0 spiro atoms. The van der Waals surface area contributed by atoms with Crippen LogP contribution in [-0.2, 0) is 11.2 Å². The number of hydrogen-bond acceptors (Lipinski definition) is 6. The summed E-state index contributed by atoms with van der Waals surface area (Å²) in [5.41, 5.74) is 2.31. The number of benzene rings is 2. The number of carboxylic acid groups (broad SMARTS) is 1. The maximum absolute atomic E-state index is 11.4. The largest absolute Gasteiger partial charge is 0.497 e. The molecule has 2 aromatic carbocycles. The highest BCUT2D eigenvalue weighted by Gasteiger charge is 2.29. The first kappa shape index (κ1) is 28.2. The number of piperidine rings is 1. The maximum Gasteiger partial charge on any atom is 0.303 e. The van der Waals surface area contributed by atoms with Crippen LogP contribution < -0.4 is 9.47 Å². The van der Waals surface area contributed by atoms with Gasteiger partial charge in [-0.3, -0.25) is 9.78 Å². The minimum atomic E-state index is -0.689. The van der Waals surface area contributed by atoms with Gasteiger partial charge in [0.1, 0.15) is 11.5 Å². The van der Waals surface area contributed by atoms with Crippen molar-refractivity contribution in [2.45, 2.75) is 49.8 Å². The smallest absolute Gasteiger partial charge is 0.303 e. The lowest BCUT2D eigenvalue weighted by Crippen LogP contribution is -2.41. The summed E-state index contributed by atoms with van der Waals surface area (Å²) in [7, 11) is 3.41. The van der Waals surface area contributed by atoms with E-state index in [0.29, 0.717) is 11.8 Å². The van der Waals surface area contributed by atoms with E-state index in [4.69, 9.17) is 9.47 Å². The van der Waals surface area contributed by atoms with Crippen LogP contribution in [0.2, 0.25) is 0 Å². The Hall–Kier alpha value is -2.77. The Bertz CT molecular complexity index is 1190. The molecule has 2 atom stereocenters. The third-order valence-electron chi connectivity index (χ3n) is 7.71. The summed E-state index contributed by atoms with van der Waals surface area (Å²) in [4.78, 5) is 19.6. The number of carboxylic acids is 1. The van der Waals surface area contributed by atoms with E-state index in [1.54, 1.807) is 14.2 Å². The number of aromatic nitrogens is 1. The average Bonchev–Trinajstić information content (AvgIpc) is 2.95. The number of nitrogens with zero attached hydrogens (tertiary/aromatic N) is 2. The molecular formula is C31H40N2O4S. The first-order chi connectivity index (χ1) is 18.6. The maximum atomic E-state index is 11.4. The van der Waals surface area contributed by atoms with E-state index in [1.165, 1.54) is 10.5 Å². The molecule has 0 aliphatic carbocycles. The van der Waals surface area contributed by atoms with Crippen molar-refractivity contribution in [3.8, 4) is 11.5 Å². The molecule has 2 unspecified atom stereocenters. The first-order valence-corrected chi connectivity index (χ1v) is 14.7. The highest BCUT2D eigenvalue weighted by molar-refractivity contribution is 7.99. The molecule has 38 heavy (non-hydrogen) atoms. The third-order valence-corrected chi connectivity index (χ3v) is 8.85. The van der Waals surface area contributed by atoms with E-state index in [0.717, 1.165) is 86.3 Å². The molecule has 7 heteroatoms. The van der Waals surface area contributed by atoms with Gasteiger partial charge in [-0.25, -0.2) is 0 Å². The predicted molar refractivity (Wildman–Crippen MR) is 154 cm³/mol. The van der Waals surface area contributed by atoms with Crippen molar-refractivity contribution in [2.75, 3.05) is 39.6 Å². The zero-order valence-electron chi connectivity index (χ0n) is 22.6. The molecule has 0 radical (unpaired) electrons. The van der Waals surface area contributed by atoms with Crippen molar-refractivity contribution in [3.05, 3.63) is 60.3 Å². The quantitative estimate of drug-likeness (QED) is 0.185. The number of aryl methyl sites for hydroxylation is 1. The summed E-state index contributed by atoms with van der Waals surface area (Å²) in [5.74, 6) is 3.17. The topological polar surface area (TPSA) is 71.9 Å². The van der Waals surface area contributed by atoms with E-state index in [-0.39, 0.29) is 6.42 Å². The summed E-state index contributed by atoms with van der Waals surface area (Å²) in [5, 5.41) is 10.5. The normalized spacial score (nSPS) is 17.9. The molecule has 1 N–H and O–H groups in total. The van der Waals surface area contributed by atoms with Gasteiger partial charge in [-0.05, 0) is 111 Å². The fourth-order valence-electron chi connectivity index (χ4n) is 5.67. The molecule has 3 aromatic rings. The van der Waals surface area contributed by atoms with Crippen LogP contribution in [-0.4, -0.2) is 60.6 Å². The number of thioether (sulfide) groups is 1. The Balaban J connectivity index is 1.28. The number of carbonyl (C=O) groups is 1. The second kappa shape index (κ2) is 14.4. The molecule has 2 heterocycles. The van der Waals surface area contributed by atoms with Crippen molar-refractivity contribution in [1.82, 2.24) is 9.88 Å². The SMILES string of the molecule is COc1ccc2nccc(CCCC3CCN(CCCSc4ccccc4OC)CC3CCC(=O)O)c2c1. The molecule has 204 valence electrons. The standard InChI is InChI=1S/C31H40N2O4S/c1-36-26-12-13-28-27(21-26)24(15-17-32-28)8-5-7-23-16-19-33(22-25(23)11-14-31(34)35)18-6-20-38-30-10-4-3-9-29(30)37-2/h3-4,9-10,12-13,15,17,21,23,25H,5-8,11,14,16,18-20,22H2,1-2H3,(H,34,35). The van der Waals surface area contributed by atoms with Crippen LogP contribution in [0.5, 0.6) is 11.5 Å². The van der Waals surface area contributed by atoms with Crippen molar-refractivity contribution < 1.29 is 19.4 Å². The Labute approximate surface area is 230 Å². The number of fused-ring (bicyclic) bond motifs is 1. The number of pyridine rings is 1. The number of para-hydroxylation sites is 1. The summed E-state index contributed by atoms with van der Waals surface area (Å²) >= 11 is 1.85. The van der Waals surface area contributed by atoms with Crippen LogP contribution in [0.25, 0.3) is 10.9 Å². The monoisotopic (exact) mass is 536 g/mol. The molecule has 0 amide bonds. The molecule has 1 saturated heterocycles. The molecule has 1 aliphatic rings. The second-order valence-electron chi connectivity index (χ2n) is 10.1. The predicted octanol–water partition coefficient (Wildman–Crippen LogP) is 6.56. The van der Waals surface area contributed by atoms with Crippen molar-refractivity contribution in [1.29, 1.82) is 0 Å². The number of ether oxygens (including phenoxy) is 2. The van der Waals surface area contributed by atoms with Gasteiger partial charge >= 0.3 is 5.97 Å². The number of likely N-dealkylation sites (tertiary alicyclic amines) is 1. The van der Waals surface area contributed by atoms with E-state index >= 15 is 0 Å². The summed E-state index contributed by atoms with van der Waals surface area (Å²) in [6, 6.07) is 16.3. The number of methoxy groups -OCH3 is 2. The van der Waals surface area contributed by atoms with E-state index in [1.807, 2.05) is 42.2 Å². The van der Waals surface area contributed by atoms with Crippen LogP contribution in [0.1, 0.15) is 44.1 Å². The molecule has 6 nitrogen and oxygen atoms in total. The lowest BCUT2D eigenvalue weighted by molar-refractivity contribution is -0.137. The van der Waals surface area contributed by atoms with Gasteiger partial charge in [0.15, 0.2) is 0 Å². The second-order valence-corrected chi connectivity index (χ2v) is 11.3. The van der Waals surface area contributed by atoms with Gasteiger partial charge in [0.25, 0.3) is 0 Å². The fraction of sp³-hybridized carbons (Fsp3) is 0.484.